The van der Waals surface area contributed by atoms with Gasteiger partial charge in [-0.15, -0.1) is 0 Å². The first-order valence-corrected chi connectivity index (χ1v) is 9.75. The molecule has 0 bridgehead atoms. The average molecular weight is 401 g/mol. The Kier molecular flexibility index (Phi) is 6.46. The molecule has 0 unspecified atom stereocenters. The third-order valence-electron chi connectivity index (χ3n) is 3.50. The van der Waals surface area contributed by atoms with Crippen LogP contribution in [0.1, 0.15) is 21.5 Å². The molecule has 0 aliphatic rings. The lowest BCUT2D eigenvalue weighted by Crippen LogP contribution is -2.35. The zero-order valence-electron chi connectivity index (χ0n) is 13.8. The molecule has 5 nitrogen and oxygen atoms in total. The van der Waals surface area contributed by atoms with E-state index in [9.17, 15) is 13.2 Å². The standard InChI is InChI=1S/C17H18Cl2N2O3S/c1-11-3-6-16(12(2)9-11)25(23,24)21-8-7-20-17(22)14-10-13(18)4-5-15(14)19/h3-6,9-10,21H,7-8H2,1-2H3,(H,20,22). The molecule has 0 heterocycles. The maximum Gasteiger partial charge on any atom is 0.252 e. The predicted molar refractivity (Wildman–Crippen MR) is 99.9 cm³/mol. The summed E-state index contributed by atoms with van der Waals surface area (Å²) in [5.41, 5.74) is 1.90. The Labute approximate surface area is 157 Å². The Bertz CT molecular complexity index is 899. The minimum Gasteiger partial charge on any atom is -0.351 e. The highest BCUT2D eigenvalue weighted by molar-refractivity contribution is 7.89. The van der Waals surface area contributed by atoms with Gasteiger partial charge in [-0.3, -0.25) is 4.79 Å². The van der Waals surface area contributed by atoms with E-state index in [2.05, 4.69) is 10.0 Å². The summed E-state index contributed by atoms with van der Waals surface area (Å²) >= 11 is 11.8. The van der Waals surface area contributed by atoms with Crippen molar-refractivity contribution in [1.29, 1.82) is 0 Å². The van der Waals surface area contributed by atoms with E-state index in [4.69, 9.17) is 23.2 Å². The van der Waals surface area contributed by atoms with Crippen molar-refractivity contribution in [3.05, 3.63) is 63.1 Å². The second-order valence-corrected chi connectivity index (χ2v) is 8.13. The zero-order valence-corrected chi connectivity index (χ0v) is 16.1. The summed E-state index contributed by atoms with van der Waals surface area (Å²) < 4.78 is 27.1. The normalized spacial score (nSPS) is 11.4. The molecule has 2 aromatic rings. The molecule has 2 rings (SSSR count). The highest BCUT2D eigenvalue weighted by Gasteiger charge is 2.16. The van der Waals surface area contributed by atoms with Crippen LogP contribution in [0, 0.1) is 13.8 Å². The number of aryl methyl sites for hydroxylation is 2. The third kappa shape index (κ3) is 5.19. The molecule has 0 aliphatic carbocycles. The van der Waals surface area contributed by atoms with Crippen molar-refractivity contribution in [2.75, 3.05) is 13.1 Å². The Hall–Kier alpha value is -1.60. The van der Waals surface area contributed by atoms with Crippen LogP contribution in [0.25, 0.3) is 0 Å². The van der Waals surface area contributed by atoms with Gasteiger partial charge in [0.1, 0.15) is 0 Å². The van der Waals surface area contributed by atoms with Crippen molar-refractivity contribution < 1.29 is 13.2 Å². The first kappa shape index (κ1) is 19.7. The van der Waals surface area contributed by atoms with Crippen LogP contribution < -0.4 is 10.0 Å². The summed E-state index contributed by atoms with van der Waals surface area (Å²) in [7, 11) is -3.63. The fourth-order valence-electron chi connectivity index (χ4n) is 2.31. The summed E-state index contributed by atoms with van der Waals surface area (Å²) in [5, 5.41) is 3.28. The van der Waals surface area contributed by atoms with Gasteiger partial charge in [0, 0.05) is 18.1 Å². The largest absolute Gasteiger partial charge is 0.351 e. The van der Waals surface area contributed by atoms with Crippen LogP contribution in [0.2, 0.25) is 10.0 Å². The van der Waals surface area contributed by atoms with Gasteiger partial charge in [-0.25, -0.2) is 13.1 Å². The maximum absolute atomic E-state index is 12.3. The zero-order chi connectivity index (χ0) is 18.6. The van der Waals surface area contributed by atoms with Gasteiger partial charge in [0.15, 0.2) is 0 Å². The molecule has 0 saturated heterocycles. The van der Waals surface area contributed by atoms with Crippen molar-refractivity contribution in [3.63, 3.8) is 0 Å². The van der Waals surface area contributed by atoms with Crippen LogP contribution in [0.4, 0.5) is 0 Å². The first-order chi connectivity index (χ1) is 11.7. The van der Waals surface area contributed by atoms with Crippen molar-refractivity contribution >= 4 is 39.1 Å². The molecule has 134 valence electrons. The molecule has 0 radical (unpaired) electrons. The number of amides is 1. The van der Waals surface area contributed by atoms with Gasteiger partial charge >= 0.3 is 0 Å². The number of carbonyl (C=O) groups excluding carboxylic acids is 1. The average Bonchev–Trinajstić information content (AvgIpc) is 2.53. The van der Waals surface area contributed by atoms with Crippen LogP contribution in [-0.4, -0.2) is 27.4 Å². The van der Waals surface area contributed by atoms with Crippen LogP contribution in [0.3, 0.4) is 0 Å². The van der Waals surface area contributed by atoms with E-state index in [1.807, 2.05) is 6.92 Å². The van der Waals surface area contributed by atoms with Crippen molar-refractivity contribution in [3.8, 4) is 0 Å². The van der Waals surface area contributed by atoms with E-state index in [0.29, 0.717) is 10.6 Å². The topological polar surface area (TPSA) is 75.3 Å². The second-order valence-electron chi connectivity index (χ2n) is 5.55. The number of halogens is 2. The summed E-state index contributed by atoms with van der Waals surface area (Å²) in [6, 6.07) is 9.68. The van der Waals surface area contributed by atoms with Gasteiger partial charge in [0.05, 0.1) is 15.5 Å². The van der Waals surface area contributed by atoms with E-state index in [1.54, 1.807) is 31.2 Å². The monoisotopic (exact) mass is 400 g/mol. The molecular weight excluding hydrogens is 383 g/mol. The highest BCUT2D eigenvalue weighted by Crippen LogP contribution is 2.20. The molecule has 0 spiro atoms. The minimum absolute atomic E-state index is 0.0551. The number of nitrogens with one attached hydrogen (secondary N) is 2. The number of rotatable bonds is 6. The van der Waals surface area contributed by atoms with Crippen LogP contribution in [0.15, 0.2) is 41.3 Å². The maximum atomic E-state index is 12.3. The number of benzene rings is 2. The van der Waals surface area contributed by atoms with Gasteiger partial charge in [0.25, 0.3) is 5.91 Å². The molecule has 2 N–H and O–H groups in total. The predicted octanol–water partition coefficient (Wildman–Crippen LogP) is 3.32. The highest BCUT2D eigenvalue weighted by atomic mass is 35.5. The molecule has 0 aromatic heterocycles. The minimum atomic E-state index is -3.63. The molecule has 8 heteroatoms. The van der Waals surface area contributed by atoms with Crippen molar-refractivity contribution in [1.82, 2.24) is 10.0 Å². The van der Waals surface area contributed by atoms with Crippen molar-refractivity contribution in [2.45, 2.75) is 18.7 Å². The summed E-state index contributed by atoms with van der Waals surface area (Å²) in [5.74, 6) is -0.418. The molecule has 0 atom stereocenters. The fourth-order valence-corrected chi connectivity index (χ4v) is 3.94. The van der Waals surface area contributed by atoms with E-state index >= 15 is 0 Å². The summed E-state index contributed by atoms with van der Waals surface area (Å²) in [4.78, 5) is 12.3. The quantitative estimate of drug-likeness (QED) is 0.730. The molecule has 0 aliphatic heterocycles. The molecule has 0 saturated carbocycles. The lowest BCUT2D eigenvalue weighted by Gasteiger charge is -2.11. The van der Waals surface area contributed by atoms with Gasteiger partial charge < -0.3 is 5.32 Å². The Balaban J connectivity index is 1.94. The van der Waals surface area contributed by atoms with E-state index < -0.39 is 15.9 Å². The number of hydrogen-bond donors (Lipinski definition) is 2. The number of sulfonamides is 1. The van der Waals surface area contributed by atoms with Gasteiger partial charge in [-0.2, -0.15) is 0 Å². The van der Waals surface area contributed by atoms with Gasteiger partial charge in [0.2, 0.25) is 10.0 Å². The number of hydrogen-bond acceptors (Lipinski definition) is 3. The molecule has 1 amide bonds. The number of carbonyl (C=O) groups is 1. The molecule has 2 aromatic carbocycles. The van der Waals surface area contributed by atoms with E-state index in [-0.39, 0.29) is 28.6 Å². The van der Waals surface area contributed by atoms with Gasteiger partial charge in [-0.05, 0) is 43.7 Å². The smallest absolute Gasteiger partial charge is 0.252 e. The molecular formula is C17H18Cl2N2O3S. The van der Waals surface area contributed by atoms with Crippen LogP contribution in [0.5, 0.6) is 0 Å². The van der Waals surface area contributed by atoms with Crippen LogP contribution >= 0.6 is 23.2 Å². The van der Waals surface area contributed by atoms with Gasteiger partial charge in [-0.1, -0.05) is 40.9 Å². The van der Waals surface area contributed by atoms with Crippen LogP contribution in [-0.2, 0) is 10.0 Å². The Morgan fingerprint density at radius 2 is 1.76 bits per heavy atom. The van der Waals surface area contributed by atoms with Crippen molar-refractivity contribution in [2.24, 2.45) is 0 Å². The van der Waals surface area contributed by atoms with E-state index in [1.165, 1.54) is 12.1 Å². The fraction of sp³-hybridized carbons (Fsp3) is 0.235. The Morgan fingerprint density at radius 1 is 1.04 bits per heavy atom. The molecule has 0 fully saturated rings. The SMILES string of the molecule is Cc1ccc(S(=O)(=O)NCCNC(=O)c2cc(Cl)ccc2Cl)c(C)c1. The molecule has 25 heavy (non-hydrogen) atoms. The second kappa shape index (κ2) is 8.19. The summed E-state index contributed by atoms with van der Waals surface area (Å²) in [6.45, 7) is 3.81. The third-order valence-corrected chi connectivity index (χ3v) is 5.68. The first-order valence-electron chi connectivity index (χ1n) is 7.51. The lowest BCUT2D eigenvalue weighted by atomic mass is 10.2. The van der Waals surface area contributed by atoms with E-state index in [0.717, 1.165) is 5.56 Å². The lowest BCUT2D eigenvalue weighted by molar-refractivity contribution is 0.0954. The summed E-state index contributed by atoms with van der Waals surface area (Å²) in [6.07, 6.45) is 0. The Morgan fingerprint density at radius 3 is 2.44 bits per heavy atom.